The zero-order valence-corrected chi connectivity index (χ0v) is 9.24. The first-order valence-corrected chi connectivity index (χ1v) is 5.14. The predicted octanol–water partition coefficient (Wildman–Crippen LogP) is 1.72. The smallest absolute Gasteiger partial charge is 0.250 e. The lowest BCUT2D eigenvalue weighted by atomic mass is 10.0. The van der Waals surface area contributed by atoms with Crippen LogP contribution in [0.15, 0.2) is 0 Å². The van der Waals surface area contributed by atoms with Crippen LogP contribution in [-0.2, 0) is 0 Å². The van der Waals surface area contributed by atoms with Crippen LogP contribution in [0.5, 0.6) is 0 Å². The molecule has 1 aliphatic heterocycles. The molecule has 0 aromatic rings. The Kier molecular flexibility index (Phi) is 3.48. The Balaban J connectivity index is 2.36. The molecule has 0 saturated carbocycles. The molecular weight excluding hydrogens is 186 g/mol. The highest BCUT2D eigenvalue weighted by Gasteiger charge is 2.35. The minimum absolute atomic E-state index is 0.00657. The molecule has 0 unspecified atom stereocenters. The van der Waals surface area contributed by atoms with Crippen LogP contribution in [0.4, 0.5) is 8.78 Å². The Hall–Kier alpha value is -0.220. The Morgan fingerprint density at radius 2 is 1.79 bits per heavy atom. The van der Waals surface area contributed by atoms with Gasteiger partial charge in [-0.1, -0.05) is 0 Å². The highest BCUT2D eigenvalue weighted by atomic mass is 19.3. The van der Waals surface area contributed by atoms with E-state index in [0.717, 1.165) is 6.54 Å². The van der Waals surface area contributed by atoms with Crippen LogP contribution in [0.25, 0.3) is 0 Å². The first kappa shape index (κ1) is 11.9. The SMILES string of the molecule is CNC(C)(C)CN1CCC(F)(F)CC1. The lowest BCUT2D eigenvalue weighted by Gasteiger charge is -2.37. The van der Waals surface area contributed by atoms with Crippen LogP contribution in [0.1, 0.15) is 26.7 Å². The Bertz CT molecular complexity index is 183. The molecule has 0 radical (unpaired) electrons. The van der Waals surface area contributed by atoms with Crippen molar-refractivity contribution in [2.24, 2.45) is 0 Å². The molecule has 0 aromatic heterocycles. The van der Waals surface area contributed by atoms with E-state index in [1.165, 1.54) is 0 Å². The highest BCUT2D eigenvalue weighted by molar-refractivity contribution is 4.84. The average molecular weight is 206 g/mol. The molecule has 0 atom stereocenters. The molecule has 1 N–H and O–H groups in total. The summed E-state index contributed by atoms with van der Waals surface area (Å²) in [5.74, 6) is -2.43. The van der Waals surface area contributed by atoms with Gasteiger partial charge in [-0.2, -0.15) is 0 Å². The fourth-order valence-electron chi connectivity index (χ4n) is 1.68. The minimum Gasteiger partial charge on any atom is -0.314 e. The number of rotatable bonds is 3. The summed E-state index contributed by atoms with van der Waals surface area (Å²) in [5, 5.41) is 3.18. The Labute approximate surface area is 84.7 Å². The third-order valence-electron chi connectivity index (χ3n) is 2.88. The normalized spacial score (nSPS) is 23.8. The van der Waals surface area contributed by atoms with E-state index in [1.807, 2.05) is 7.05 Å². The largest absolute Gasteiger partial charge is 0.314 e. The summed E-state index contributed by atoms with van der Waals surface area (Å²) in [7, 11) is 1.90. The molecule has 2 nitrogen and oxygen atoms in total. The van der Waals surface area contributed by atoms with Gasteiger partial charge in [-0.15, -0.1) is 0 Å². The van der Waals surface area contributed by atoms with E-state index < -0.39 is 5.92 Å². The topological polar surface area (TPSA) is 15.3 Å². The van der Waals surface area contributed by atoms with Gasteiger partial charge in [0.25, 0.3) is 5.92 Å². The van der Waals surface area contributed by atoms with Crippen LogP contribution < -0.4 is 5.32 Å². The monoisotopic (exact) mass is 206 g/mol. The van der Waals surface area contributed by atoms with E-state index in [1.54, 1.807) is 0 Å². The van der Waals surface area contributed by atoms with E-state index in [9.17, 15) is 8.78 Å². The number of hydrogen-bond acceptors (Lipinski definition) is 2. The van der Waals surface area contributed by atoms with Crippen molar-refractivity contribution in [2.45, 2.75) is 38.2 Å². The number of halogens is 2. The molecule has 0 bridgehead atoms. The van der Waals surface area contributed by atoms with Crippen LogP contribution >= 0.6 is 0 Å². The lowest BCUT2D eigenvalue weighted by Crippen LogP contribution is -2.50. The molecular formula is C10H20F2N2. The first-order valence-electron chi connectivity index (χ1n) is 5.14. The van der Waals surface area contributed by atoms with E-state index in [4.69, 9.17) is 0 Å². The van der Waals surface area contributed by atoms with Crippen molar-refractivity contribution < 1.29 is 8.78 Å². The maximum absolute atomic E-state index is 12.9. The maximum Gasteiger partial charge on any atom is 0.250 e. The van der Waals surface area contributed by atoms with Crippen molar-refractivity contribution in [3.05, 3.63) is 0 Å². The molecule has 1 aliphatic rings. The molecule has 84 valence electrons. The van der Waals surface area contributed by atoms with E-state index in [2.05, 4.69) is 24.1 Å². The minimum atomic E-state index is -2.43. The fourth-order valence-corrected chi connectivity index (χ4v) is 1.68. The average Bonchev–Trinajstić information content (AvgIpc) is 2.09. The number of hydrogen-bond donors (Lipinski definition) is 1. The second kappa shape index (κ2) is 4.11. The second-order valence-corrected chi connectivity index (χ2v) is 4.77. The fraction of sp³-hybridized carbons (Fsp3) is 1.00. The van der Waals surface area contributed by atoms with Crippen molar-refractivity contribution in [1.29, 1.82) is 0 Å². The van der Waals surface area contributed by atoms with Gasteiger partial charge < -0.3 is 10.2 Å². The number of nitrogens with one attached hydrogen (secondary N) is 1. The summed E-state index contributed by atoms with van der Waals surface area (Å²) in [5.41, 5.74) is 0.00657. The summed E-state index contributed by atoms with van der Waals surface area (Å²) < 4.78 is 25.7. The van der Waals surface area contributed by atoms with Gasteiger partial charge in [0.1, 0.15) is 0 Å². The third-order valence-corrected chi connectivity index (χ3v) is 2.88. The summed E-state index contributed by atoms with van der Waals surface area (Å²) in [6.07, 6.45) is 0.0135. The molecule has 1 heterocycles. The number of piperidine rings is 1. The molecule has 0 aliphatic carbocycles. The molecule has 0 amide bonds. The molecule has 0 aromatic carbocycles. The standard InChI is InChI=1S/C10H20F2N2/c1-9(2,13-3)8-14-6-4-10(11,12)5-7-14/h13H,4-8H2,1-3H3. The lowest BCUT2D eigenvalue weighted by molar-refractivity contribution is -0.0581. The van der Waals surface area contributed by atoms with E-state index >= 15 is 0 Å². The van der Waals surface area contributed by atoms with Gasteiger partial charge in [0.05, 0.1) is 0 Å². The van der Waals surface area contributed by atoms with Gasteiger partial charge >= 0.3 is 0 Å². The quantitative estimate of drug-likeness (QED) is 0.756. The van der Waals surface area contributed by atoms with Crippen LogP contribution in [0, 0.1) is 0 Å². The third kappa shape index (κ3) is 3.50. The predicted molar refractivity (Wildman–Crippen MR) is 53.8 cm³/mol. The summed E-state index contributed by atoms with van der Waals surface area (Å²) in [4.78, 5) is 2.11. The number of alkyl halides is 2. The van der Waals surface area contributed by atoms with E-state index in [-0.39, 0.29) is 18.4 Å². The number of likely N-dealkylation sites (N-methyl/N-ethyl adjacent to an activating group) is 1. The van der Waals surface area contributed by atoms with Gasteiger partial charge in [-0.3, -0.25) is 0 Å². The van der Waals surface area contributed by atoms with Crippen LogP contribution in [0.3, 0.4) is 0 Å². The maximum atomic E-state index is 12.9. The first-order chi connectivity index (χ1) is 6.35. The summed E-state index contributed by atoms with van der Waals surface area (Å²) in [6, 6.07) is 0. The molecule has 14 heavy (non-hydrogen) atoms. The second-order valence-electron chi connectivity index (χ2n) is 4.77. The zero-order valence-electron chi connectivity index (χ0n) is 9.24. The number of nitrogens with zero attached hydrogens (tertiary/aromatic N) is 1. The molecule has 0 spiro atoms. The van der Waals surface area contributed by atoms with Gasteiger partial charge in [0.2, 0.25) is 0 Å². The molecule has 1 rings (SSSR count). The van der Waals surface area contributed by atoms with Crippen LogP contribution in [0.2, 0.25) is 0 Å². The van der Waals surface area contributed by atoms with Gasteiger partial charge in [0.15, 0.2) is 0 Å². The zero-order chi connectivity index (χ0) is 10.8. The van der Waals surface area contributed by atoms with Crippen molar-refractivity contribution in [3.8, 4) is 0 Å². The molecule has 1 saturated heterocycles. The van der Waals surface area contributed by atoms with Crippen molar-refractivity contribution in [2.75, 3.05) is 26.7 Å². The van der Waals surface area contributed by atoms with Crippen LogP contribution in [-0.4, -0.2) is 43.0 Å². The molecule has 1 fully saturated rings. The Morgan fingerprint density at radius 3 is 2.21 bits per heavy atom. The van der Waals surface area contributed by atoms with Gasteiger partial charge in [0, 0.05) is 38.0 Å². The summed E-state index contributed by atoms with van der Waals surface area (Å²) in [6.45, 7) is 6.02. The van der Waals surface area contributed by atoms with Crippen molar-refractivity contribution in [1.82, 2.24) is 10.2 Å². The summed E-state index contributed by atoms with van der Waals surface area (Å²) >= 11 is 0. The van der Waals surface area contributed by atoms with Crippen molar-refractivity contribution >= 4 is 0 Å². The van der Waals surface area contributed by atoms with E-state index in [0.29, 0.717) is 13.1 Å². The van der Waals surface area contributed by atoms with Gasteiger partial charge in [-0.25, -0.2) is 8.78 Å². The van der Waals surface area contributed by atoms with Crippen molar-refractivity contribution in [3.63, 3.8) is 0 Å². The number of likely N-dealkylation sites (tertiary alicyclic amines) is 1. The molecule has 4 heteroatoms. The Morgan fingerprint density at radius 1 is 1.29 bits per heavy atom. The highest BCUT2D eigenvalue weighted by Crippen LogP contribution is 2.28. The van der Waals surface area contributed by atoms with Gasteiger partial charge in [-0.05, 0) is 20.9 Å².